The molecule has 2 unspecified atom stereocenters. The second-order valence-electron chi connectivity index (χ2n) is 4.44. The molecule has 0 bridgehead atoms. The number of nitrogens with one attached hydrogen (secondary N) is 1. The van der Waals surface area contributed by atoms with Crippen LogP contribution < -0.4 is 5.32 Å². The first-order valence-corrected chi connectivity index (χ1v) is 6.09. The summed E-state index contributed by atoms with van der Waals surface area (Å²) in [6.45, 7) is 7.07. The zero-order valence-corrected chi connectivity index (χ0v) is 9.31. The molecule has 1 heteroatoms. The second-order valence-corrected chi connectivity index (χ2v) is 4.44. The van der Waals surface area contributed by atoms with Crippen LogP contribution in [0.4, 0.5) is 0 Å². The molecule has 1 nitrogen and oxygen atoms in total. The molecule has 1 fully saturated rings. The normalized spacial score (nSPS) is 27.2. The zero-order valence-electron chi connectivity index (χ0n) is 9.31. The lowest BCUT2D eigenvalue weighted by molar-refractivity contribution is 0.159. The molecule has 0 radical (unpaired) electrons. The van der Waals surface area contributed by atoms with Gasteiger partial charge in [0.2, 0.25) is 0 Å². The Morgan fingerprint density at radius 3 is 2.38 bits per heavy atom. The van der Waals surface area contributed by atoms with E-state index < -0.39 is 0 Å². The summed E-state index contributed by atoms with van der Waals surface area (Å²) in [7, 11) is 0. The summed E-state index contributed by atoms with van der Waals surface area (Å²) in [6.07, 6.45) is 8.45. The molecule has 13 heavy (non-hydrogen) atoms. The van der Waals surface area contributed by atoms with Crippen molar-refractivity contribution in [1.82, 2.24) is 5.32 Å². The van der Waals surface area contributed by atoms with Gasteiger partial charge in [-0.25, -0.2) is 0 Å². The third-order valence-electron chi connectivity index (χ3n) is 3.35. The summed E-state index contributed by atoms with van der Waals surface area (Å²) in [6, 6.07) is 0. The SMILES string of the molecule is CCCCNCC1CCC1CCC. The quantitative estimate of drug-likeness (QED) is 0.598. The molecule has 0 aromatic rings. The maximum atomic E-state index is 3.58. The molecule has 78 valence electrons. The molecule has 0 heterocycles. The van der Waals surface area contributed by atoms with E-state index in [1.807, 2.05) is 0 Å². The third-order valence-corrected chi connectivity index (χ3v) is 3.35. The predicted molar refractivity (Wildman–Crippen MR) is 58.9 cm³/mol. The van der Waals surface area contributed by atoms with Crippen LogP contribution in [0.25, 0.3) is 0 Å². The molecule has 2 atom stereocenters. The molecule has 1 aliphatic carbocycles. The van der Waals surface area contributed by atoms with Gasteiger partial charge in [-0.05, 0) is 44.2 Å². The number of unbranched alkanes of at least 4 members (excludes halogenated alkanes) is 1. The van der Waals surface area contributed by atoms with E-state index in [0.717, 1.165) is 11.8 Å². The van der Waals surface area contributed by atoms with Crippen molar-refractivity contribution in [2.24, 2.45) is 11.8 Å². The van der Waals surface area contributed by atoms with Crippen LogP contribution >= 0.6 is 0 Å². The molecule has 0 amide bonds. The Balaban J connectivity index is 1.95. The maximum Gasteiger partial charge on any atom is -0.00179 e. The molecule has 0 spiro atoms. The standard InChI is InChI=1S/C12H25N/c1-3-5-9-13-10-12-8-7-11(12)6-4-2/h11-13H,3-10H2,1-2H3. The van der Waals surface area contributed by atoms with Crippen LogP contribution in [-0.4, -0.2) is 13.1 Å². The first-order valence-electron chi connectivity index (χ1n) is 6.09. The van der Waals surface area contributed by atoms with Crippen molar-refractivity contribution in [1.29, 1.82) is 0 Å². The smallest absolute Gasteiger partial charge is 0.00179 e. The fourth-order valence-corrected chi connectivity index (χ4v) is 2.25. The number of hydrogen-bond donors (Lipinski definition) is 1. The summed E-state index contributed by atoms with van der Waals surface area (Å²) in [4.78, 5) is 0. The fraction of sp³-hybridized carbons (Fsp3) is 1.00. The highest BCUT2D eigenvalue weighted by Crippen LogP contribution is 2.36. The topological polar surface area (TPSA) is 12.0 Å². The van der Waals surface area contributed by atoms with Crippen LogP contribution in [0, 0.1) is 11.8 Å². The van der Waals surface area contributed by atoms with Crippen molar-refractivity contribution in [3.63, 3.8) is 0 Å². The summed E-state index contributed by atoms with van der Waals surface area (Å²) in [5.41, 5.74) is 0. The molecular weight excluding hydrogens is 158 g/mol. The van der Waals surface area contributed by atoms with Crippen molar-refractivity contribution < 1.29 is 0 Å². The van der Waals surface area contributed by atoms with Crippen LogP contribution in [0.1, 0.15) is 52.4 Å². The summed E-state index contributed by atoms with van der Waals surface area (Å²) in [5, 5.41) is 3.58. The van der Waals surface area contributed by atoms with E-state index in [2.05, 4.69) is 19.2 Å². The van der Waals surface area contributed by atoms with Crippen molar-refractivity contribution in [3.8, 4) is 0 Å². The van der Waals surface area contributed by atoms with Gasteiger partial charge in [-0.15, -0.1) is 0 Å². The zero-order chi connectivity index (χ0) is 9.52. The Kier molecular flexibility index (Phi) is 5.45. The molecule has 1 rings (SSSR count). The predicted octanol–water partition coefficient (Wildman–Crippen LogP) is 3.20. The van der Waals surface area contributed by atoms with Crippen LogP contribution in [0.15, 0.2) is 0 Å². The third kappa shape index (κ3) is 3.68. The average Bonchev–Trinajstić information content (AvgIpc) is 2.12. The van der Waals surface area contributed by atoms with Crippen molar-refractivity contribution in [2.75, 3.05) is 13.1 Å². The van der Waals surface area contributed by atoms with Crippen LogP contribution in [0.2, 0.25) is 0 Å². The maximum absolute atomic E-state index is 3.58. The van der Waals surface area contributed by atoms with Crippen LogP contribution in [0.3, 0.4) is 0 Å². The van der Waals surface area contributed by atoms with Crippen LogP contribution in [-0.2, 0) is 0 Å². The highest BCUT2D eigenvalue weighted by Gasteiger charge is 2.28. The van der Waals surface area contributed by atoms with E-state index in [0.29, 0.717) is 0 Å². The van der Waals surface area contributed by atoms with E-state index in [9.17, 15) is 0 Å². The molecule has 0 saturated heterocycles. The Bertz CT molecular complexity index is 122. The first-order chi connectivity index (χ1) is 6.38. The van der Waals surface area contributed by atoms with E-state index in [4.69, 9.17) is 0 Å². The van der Waals surface area contributed by atoms with Gasteiger partial charge in [0, 0.05) is 0 Å². The van der Waals surface area contributed by atoms with Gasteiger partial charge in [0.15, 0.2) is 0 Å². The first kappa shape index (κ1) is 11.0. The summed E-state index contributed by atoms with van der Waals surface area (Å²) in [5.74, 6) is 2.07. The average molecular weight is 183 g/mol. The van der Waals surface area contributed by atoms with Gasteiger partial charge in [-0.1, -0.05) is 33.1 Å². The fourth-order valence-electron chi connectivity index (χ4n) is 2.25. The summed E-state index contributed by atoms with van der Waals surface area (Å²) >= 11 is 0. The van der Waals surface area contributed by atoms with E-state index in [1.54, 1.807) is 0 Å². The minimum absolute atomic E-state index is 1.01. The van der Waals surface area contributed by atoms with E-state index >= 15 is 0 Å². The van der Waals surface area contributed by atoms with Gasteiger partial charge in [0.05, 0.1) is 0 Å². The lowest BCUT2D eigenvalue weighted by Gasteiger charge is -2.36. The van der Waals surface area contributed by atoms with Gasteiger partial charge in [0.25, 0.3) is 0 Å². The lowest BCUT2D eigenvalue weighted by atomic mass is 9.71. The molecule has 1 saturated carbocycles. The Morgan fingerprint density at radius 2 is 1.85 bits per heavy atom. The molecule has 0 aromatic heterocycles. The Labute approximate surface area is 83.3 Å². The highest BCUT2D eigenvalue weighted by atomic mass is 14.9. The Morgan fingerprint density at radius 1 is 1.08 bits per heavy atom. The van der Waals surface area contributed by atoms with Gasteiger partial charge >= 0.3 is 0 Å². The summed E-state index contributed by atoms with van der Waals surface area (Å²) < 4.78 is 0. The van der Waals surface area contributed by atoms with E-state index in [-0.39, 0.29) is 0 Å². The van der Waals surface area contributed by atoms with Crippen LogP contribution in [0.5, 0.6) is 0 Å². The highest BCUT2D eigenvalue weighted by molar-refractivity contribution is 4.81. The number of rotatable bonds is 7. The number of hydrogen-bond acceptors (Lipinski definition) is 1. The lowest BCUT2D eigenvalue weighted by Crippen LogP contribution is -2.35. The van der Waals surface area contributed by atoms with Gasteiger partial charge in [0.1, 0.15) is 0 Å². The molecule has 1 N–H and O–H groups in total. The second kappa shape index (κ2) is 6.42. The minimum Gasteiger partial charge on any atom is -0.316 e. The van der Waals surface area contributed by atoms with E-state index in [1.165, 1.54) is 51.6 Å². The van der Waals surface area contributed by atoms with Crippen molar-refractivity contribution in [3.05, 3.63) is 0 Å². The minimum atomic E-state index is 1.01. The molecule has 0 aliphatic heterocycles. The Hall–Kier alpha value is -0.0400. The van der Waals surface area contributed by atoms with Gasteiger partial charge in [-0.3, -0.25) is 0 Å². The van der Waals surface area contributed by atoms with Gasteiger partial charge in [-0.2, -0.15) is 0 Å². The van der Waals surface area contributed by atoms with Crippen molar-refractivity contribution in [2.45, 2.75) is 52.4 Å². The molecule has 0 aromatic carbocycles. The molecular formula is C12H25N. The van der Waals surface area contributed by atoms with Crippen molar-refractivity contribution >= 4 is 0 Å². The monoisotopic (exact) mass is 183 g/mol. The van der Waals surface area contributed by atoms with Gasteiger partial charge < -0.3 is 5.32 Å². The largest absolute Gasteiger partial charge is 0.316 e. The molecule has 1 aliphatic rings.